The van der Waals surface area contributed by atoms with Crippen molar-refractivity contribution in [1.82, 2.24) is 15.2 Å². The SMILES string of the molecule is CC(C)N(C)CCNCc1ccc(C(=O)O)cn1. The number of rotatable bonds is 7. The maximum atomic E-state index is 10.7. The van der Waals surface area contributed by atoms with Crippen LogP contribution in [0.15, 0.2) is 18.3 Å². The van der Waals surface area contributed by atoms with Crippen LogP contribution in [0.4, 0.5) is 0 Å². The van der Waals surface area contributed by atoms with Crippen molar-refractivity contribution >= 4 is 5.97 Å². The topological polar surface area (TPSA) is 65.5 Å². The van der Waals surface area contributed by atoms with Gasteiger partial charge in [0.1, 0.15) is 0 Å². The number of aromatic carboxylic acids is 1. The molecule has 0 aliphatic rings. The molecule has 1 rings (SSSR count). The molecular weight excluding hydrogens is 230 g/mol. The van der Waals surface area contributed by atoms with E-state index < -0.39 is 5.97 Å². The van der Waals surface area contributed by atoms with E-state index in [-0.39, 0.29) is 5.56 Å². The van der Waals surface area contributed by atoms with Crippen molar-refractivity contribution in [3.63, 3.8) is 0 Å². The number of pyridine rings is 1. The second-order valence-electron chi connectivity index (χ2n) is 4.59. The molecule has 5 heteroatoms. The molecule has 0 aliphatic carbocycles. The molecule has 1 aromatic rings. The highest BCUT2D eigenvalue weighted by Crippen LogP contribution is 2.00. The van der Waals surface area contributed by atoms with E-state index in [4.69, 9.17) is 5.11 Å². The van der Waals surface area contributed by atoms with Crippen LogP contribution in [0.1, 0.15) is 29.9 Å². The Bertz CT molecular complexity index is 376. The van der Waals surface area contributed by atoms with Crippen molar-refractivity contribution in [3.05, 3.63) is 29.6 Å². The van der Waals surface area contributed by atoms with Crippen LogP contribution in [0.2, 0.25) is 0 Å². The molecule has 0 bridgehead atoms. The molecule has 0 aromatic carbocycles. The van der Waals surface area contributed by atoms with E-state index in [1.807, 2.05) is 0 Å². The van der Waals surface area contributed by atoms with Crippen molar-refractivity contribution in [1.29, 1.82) is 0 Å². The average molecular weight is 251 g/mol. The maximum absolute atomic E-state index is 10.7. The van der Waals surface area contributed by atoms with Crippen LogP contribution in [0, 0.1) is 0 Å². The highest BCUT2D eigenvalue weighted by Gasteiger charge is 2.04. The van der Waals surface area contributed by atoms with Gasteiger partial charge >= 0.3 is 5.97 Å². The summed E-state index contributed by atoms with van der Waals surface area (Å²) in [7, 11) is 2.09. The summed E-state index contributed by atoms with van der Waals surface area (Å²) in [5.41, 5.74) is 1.07. The van der Waals surface area contributed by atoms with Gasteiger partial charge in [-0.3, -0.25) is 4.98 Å². The van der Waals surface area contributed by atoms with Gasteiger partial charge in [-0.05, 0) is 33.0 Å². The second-order valence-corrected chi connectivity index (χ2v) is 4.59. The Hall–Kier alpha value is -1.46. The lowest BCUT2D eigenvalue weighted by molar-refractivity contribution is 0.0696. The first kappa shape index (κ1) is 14.6. The first-order valence-electron chi connectivity index (χ1n) is 6.10. The van der Waals surface area contributed by atoms with Gasteiger partial charge in [-0.1, -0.05) is 0 Å². The maximum Gasteiger partial charge on any atom is 0.337 e. The number of carboxylic acid groups (broad SMARTS) is 1. The van der Waals surface area contributed by atoms with E-state index in [2.05, 4.69) is 36.1 Å². The summed E-state index contributed by atoms with van der Waals surface area (Å²) < 4.78 is 0. The summed E-state index contributed by atoms with van der Waals surface area (Å²) in [5, 5.41) is 12.0. The highest BCUT2D eigenvalue weighted by molar-refractivity contribution is 5.87. The monoisotopic (exact) mass is 251 g/mol. The molecule has 0 unspecified atom stereocenters. The Morgan fingerprint density at radius 3 is 2.72 bits per heavy atom. The Morgan fingerprint density at radius 1 is 1.50 bits per heavy atom. The van der Waals surface area contributed by atoms with Crippen LogP contribution < -0.4 is 5.32 Å². The summed E-state index contributed by atoms with van der Waals surface area (Å²) in [6, 6.07) is 3.86. The van der Waals surface area contributed by atoms with Crippen molar-refractivity contribution in [2.45, 2.75) is 26.4 Å². The third-order valence-corrected chi connectivity index (χ3v) is 2.90. The van der Waals surface area contributed by atoms with Gasteiger partial charge in [-0.15, -0.1) is 0 Å². The number of carboxylic acids is 1. The molecule has 0 saturated heterocycles. The minimum Gasteiger partial charge on any atom is -0.478 e. The zero-order valence-corrected chi connectivity index (χ0v) is 11.2. The molecule has 100 valence electrons. The van der Waals surface area contributed by atoms with Crippen molar-refractivity contribution in [3.8, 4) is 0 Å². The molecule has 0 amide bonds. The molecule has 0 spiro atoms. The van der Waals surface area contributed by atoms with E-state index in [0.717, 1.165) is 18.8 Å². The summed E-state index contributed by atoms with van der Waals surface area (Å²) >= 11 is 0. The molecule has 18 heavy (non-hydrogen) atoms. The molecule has 2 N–H and O–H groups in total. The molecule has 0 aliphatic heterocycles. The number of nitrogens with zero attached hydrogens (tertiary/aromatic N) is 2. The zero-order chi connectivity index (χ0) is 13.5. The van der Waals surface area contributed by atoms with Gasteiger partial charge in [0.05, 0.1) is 11.3 Å². The first-order chi connectivity index (χ1) is 8.50. The number of nitrogens with one attached hydrogen (secondary N) is 1. The average Bonchev–Trinajstić information content (AvgIpc) is 2.34. The van der Waals surface area contributed by atoms with Gasteiger partial charge in [-0.25, -0.2) is 4.79 Å². The van der Waals surface area contributed by atoms with Crippen LogP contribution in [-0.4, -0.2) is 47.1 Å². The Kier molecular flexibility index (Phi) is 5.74. The van der Waals surface area contributed by atoms with Crippen LogP contribution in [0.5, 0.6) is 0 Å². The van der Waals surface area contributed by atoms with E-state index in [1.165, 1.54) is 6.20 Å². The van der Waals surface area contributed by atoms with Crippen LogP contribution >= 0.6 is 0 Å². The van der Waals surface area contributed by atoms with Gasteiger partial charge in [-0.2, -0.15) is 0 Å². The standard InChI is InChI=1S/C13H21N3O2/c1-10(2)16(3)7-6-14-9-12-5-4-11(8-15-12)13(17)18/h4-5,8,10,14H,6-7,9H2,1-3H3,(H,17,18). The third kappa shape index (κ3) is 4.81. The first-order valence-corrected chi connectivity index (χ1v) is 6.10. The summed E-state index contributed by atoms with van der Waals surface area (Å²) in [6.45, 7) is 6.84. The molecule has 0 radical (unpaired) electrons. The van der Waals surface area contributed by atoms with Crippen LogP contribution in [-0.2, 0) is 6.54 Å². The number of hydrogen-bond donors (Lipinski definition) is 2. The number of aromatic nitrogens is 1. The van der Waals surface area contributed by atoms with Gasteiger partial charge in [0, 0.05) is 31.9 Å². The summed E-state index contributed by atoms with van der Waals surface area (Å²) in [6.07, 6.45) is 1.39. The van der Waals surface area contributed by atoms with Crippen LogP contribution in [0.25, 0.3) is 0 Å². The number of likely N-dealkylation sites (N-methyl/N-ethyl adjacent to an activating group) is 1. The minimum absolute atomic E-state index is 0.221. The van der Waals surface area contributed by atoms with Crippen molar-refractivity contribution in [2.75, 3.05) is 20.1 Å². The fourth-order valence-corrected chi connectivity index (χ4v) is 1.39. The zero-order valence-electron chi connectivity index (χ0n) is 11.2. The minimum atomic E-state index is -0.944. The van der Waals surface area contributed by atoms with Gasteiger partial charge in [0.25, 0.3) is 0 Å². The van der Waals surface area contributed by atoms with E-state index in [1.54, 1.807) is 12.1 Å². The Morgan fingerprint density at radius 2 is 2.22 bits per heavy atom. The van der Waals surface area contributed by atoms with Crippen molar-refractivity contribution in [2.24, 2.45) is 0 Å². The fourth-order valence-electron chi connectivity index (χ4n) is 1.39. The Balaban J connectivity index is 2.29. The summed E-state index contributed by atoms with van der Waals surface area (Å²) in [5.74, 6) is -0.944. The number of carbonyl (C=O) groups is 1. The molecule has 0 atom stereocenters. The van der Waals surface area contributed by atoms with Gasteiger partial charge in [0.2, 0.25) is 0 Å². The predicted molar refractivity (Wildman–Crippen MR) is 70.7 cm³/mol. The third-order valence-electron chi connectivity index (χ3n) is 2.90. The normalized spacial score (nSPS) is 11.2. The smallest absolute Gasteiger partial charge is 0.337 e. The molecule has 0 saturated carbocycles. The Labute approximate surface area is 108 Å². The quantitative estimate of drug-likeness (QED) is 0.713. The lowest BCUT2D eigenvalue weighted by atomic mass is 10.2. The second kappa shape index (κ2) is 7.08. The van der Waals surface area contributed by atoms with Gasteiger partial charge in [0.15, 0.2) is 0 Å². The molecule has 1 heterocycles. The lowest BCUT2D eigenvalue weighted by Crippen LogP contribution is -2.33. The van der Waals surface area contributed by atoms with Crippen LogP contribution in [0.3, 0.4) is 0 Å². The van der Waals surface area contributed by atoms with Gasteiger partial charge < -0.3 is 15.3 Å². The highest BCUT2D eigenvalue weighted by atomic mass is 16.4. The molecule has 0 fully saturated rings. The predicted octanol–water partition coefficient (Wildman–Crippen LogP) is 1.21. The summed E-state index contributed by atoms with van der Waals surface area (Å²) in [4.78, 5) is 17.0. The van der Waals surface area contributed by atoms with E-state index in [9.17, 15) is 4.79 Å². The largest absolute Gasteiger partial charge is 0.478 e. The van der Waals surface area contributed by atoms with E-state index in [0.29, 0.717) is 12.6 Å². The molecular formula is C13H21N3O2. The van der Waals surface area contributed by atoms with E-state index >= 15 is 0 Å². The number of hydrogen-bond acceptors (Lipinski definition) is 4. The molecule has 1 aromatic heterocycles. The lowest BCUT2D eigenvalue weighted by Gasteiger charge is -2.20. The molecule has 5 nitrogen and oxygen atoms in total. The fraction of sp³-hybridized carbons (Fsp3) is 0.538. The van der Waals surface area contributed by atoms with Crippen molar-refractivity contribution < 1.29 is 9.90 Å².